The van der Waals surface area contributed by atoms with Crippen molar-refractivity contribution in [3.8, 4) is 0 Å². The second-order valence-electron chi connectivity index (χ2n) is 3.49. The van der Waals surface area contributed by atoms with Crippen LogP contribution in [0, 0.1) is 0 Å². The first-order valence-electron chi connectivity index (χ1n) is 3.36. The zero-order valence-corrected chi connectivity index (χ0v) is 9.90. The Hall–Kier alpha value is 0.470. The minimum Gasteiger partial charge on any atom is -0.116 e. The van der Waals surface area contributed by atoms with Crippen molar-refractivity contribution in [2.75, 3.05) is 0 Å². The van der Waals surface area contributed by atoms with Gasteiger partial charge in [0.2, 0.25) is 0 Å². The molecule has 0 saturated carbocycles. The average molecular weight is 254 g/mol. The van der Waals surface area contributed by atoms with Gasteiger partial charge in [-0.15, -0.1) is 11.3 Å². The lowest BCUT2D eigenvalue weighted by Gasteiger charge is -2.17. The Morgan fingerprint density at radius 1 is 1.45 bits per heavy atom. The van der Waals surface area contributed by atoms with Crippen molar-refractivity contribution in [2.24, 2.45) is 0 Å². The molecule has 0 aliphatic carbocycles. The van der Waals surface area contributed by atoms with E-state index in [1.165, 1.54) is 5.56 Å². The lowest BCUT2D eigenvalue weighted by molar-refractivity contribution is 0.590. The van der Waals surface area contributed by atoms with Crippen LogP contribution in [0.5, 0.6) is 0 Å². The third-order valence-corrected chi connectivity index (χ3v) is 3.43. The van der Waals surface area contributed by atoms with Crippen molar-refractivity contribution >= 4 is 38.9 Å². The summed E-state index contributed by atoms with van der Waals surface area (Å²) in [6, 6.07) is 2.02. The molecule has 0 aliphatic heterocycles. The van der Waals surface area contributed by atoms with Gasteiger partial charge in [-0.05, 0) is 33.0 Å². The van der Waals surface area contributed by atoms with Crippen LogP contribution >= 0.6 is 38.9 Å². The fraction of sp³-hybridized carbons (Fsp3) is 0.500. The monoisotopic (exact) mass is 252 g/mol. The van der Waals surface area contributed by atoms with E-state index in [0.29, 0.717) is 0 Å². The third-order valence-electron chi connectivity index (χ3n) is 1.46. The Morgan fingerprint density at radius 3 is 2.18 bits per heavy atom. The third kappa shape index (κ3) is 2.20. The first-order valence-corrected chi connectivity index (χ1v) is 5.35. The fourth-order valence-electron chi connectivity index (χ4n) is 0.852. The SMILES string of the molecule is CC(C)(C)c1cc(Cl)sc1Br. The normalized spacial score (nSPS) is 12.1. The highest BCUT2D eigenvalue weighted by Gasteiger charge is 2.19. The van der Waals surface area contributed by atoms with E-state index < -0.39 is 0 Å². The highest BCUT2D eigenvalue weighted by molar-refractivity contribution is 9.11. The summed E-state index contributed by atoms with van der Waals surface area (Å²) in [6.45, 7) is 6.53. The molecule has 0 fully saturated rings. The first-order chi connectivity index (χ1) is 4.91. The van der Waals surface area contributed by atoms with Crippen LogP contribution in [-0.2, 0) is 5.41 Å². The molecule has 0 aromatic carbocycles. The van der Waals surface area contributed by atoms with Crippen LogP contribution in [0.1, 0.15) is 26.3 Å². The molecule has 62 valence electrons. The molecule has 1 aromatic heterocycles. The maximum atomic E-state index is 5.86. The van der Waals surface area contributed by atoms with E-state index in [9.17, 15) is 0 Å². The van der Waals surface area contributed by atoms with E-state index in [-0.39, 0.29) is 5.41 Å². The molecule has 0 unspecified atom stereocenters. The second-order valence-corrected chi connectivity index (χ2v) is 6.49. The van der Waals surface area contributed by atoms with Crippen LogP contribution < -0.4 is 0 Å². The van der Waals surface area contributed by atoms with E-state index in [1.54, 1.807) is 11.3 Å². The Morgan fingerprint density at radius 2 is 2.00 bits per heavy atom. The summed E-state index contributed by atoms with van der Waals surface area (Å²) in [4.78, 5) is 0. The smallest absolute Gasteiger partial charge is 0.0943 e. The summed E-state index contributed by atoms with van der Waals surface area (Å²) in [5, 5.41) is 0. The summed E-state index contributed by atoms with van der Waals surface area (Å²) >= 11 is 10.9. The van der Waals surface area contributed by atoms with Crippen LogP contribution in [0.3, 0.4) is 0 Å². The number of halogens is 2. The Kier molecular flexibility index (Phi) is 2.67. The van der Waals surface area contributed by atoms with Gasteiger partial charge in [0.25, 0.3) is 0 Å². The van der Waals surface area contributed by atoms with Gasteiger partial charge < -0.3 is 0 Å². The predicted molar refractivity (Wildman–Crippen MR) is 55.7 cm³/mol. The van der Waals surface area contributed by atoms with Gasteiger partial charge in [-0.25, -0.2) is 0 Å². The molecule has 1 aromatic rings. The van der Waals surface area contributed by atoms with Crippen molar-refractivity contribution in [2.45, 2.75) is 26.2 Å². The molecule has 1 heterocycles. The van der Waals surface area contributed by atoms with E-state index in [4.69, 9.17) is 11.6 Å². The molecule has 0 spiro atoms. The Labute approximate surface area is 84.7 Å². The number of hydrogen-bond donors (Lipinski definition) is 0. The van der Waals surface area contributed by atoms with E-state index in [1.807, 2.05) is 6.07 Å². The average Bonchev–Trinajstić information content (AvgIpc) is 2.08. The van der Waals surface area contributed by atoms with Gasteiger partial charge in [0, 0.05) is 0 Å². The Bertz CT molecular complexity index is 260. The van der Waals surface area contributed by atoms with Crippen LogP contribution in [0.25, 0.3) is 0 Å². The zero-order chi connectivity index (χ0) is 8.65. The van der Waals surface area contributed by atoms with Crippen molar-refractivity contribution in [1.29, 1.82) is 0 Å². The van der Waals surface area contributed by atoms with Crippen molar-refractivity contribution < 1.29 is 0 Å². The minimum atomic E-state index is 0.183. The van der Waals surface area contributed by atoms with E-state index in [0.717, 1.165) is 8.12 Å². The quantitative estimate of drug-likeness (QED) is 0.640. The van der Waals surface area contributed by atoms with Gasteiger partial charge in [-0.2, -0.15) is 0 Å². The lowest BCUT2D eigenvalue weighted by atomic mass is 9.90. The van der Waals surface area contributed by atoms with Crippen LogP contribution in [0.2, 0.25) is 4.34 Å². The minimum absolute atomic E-state index is 0.183. The molecule has 11 heavy (non-hydrogen) atoms. The standard InChI is InChI=1S/C8H10BrClS/c1-8(2,3)5-4-6(10)11-7(5)9/h4H,1-3H3. The van der Waals surface area contributed by atoms with Gasteiger partial charge >= 0.3 is 0 Å². The number of thiophene rings is 1. The van der Waals surface area contributed by atoms with E-state index in [2.05, 4.69) is 36.7 Å². The molecule has 0 N–H and O–H groups in total. The topological polar surface area (TPSA) is 0 Å². The number of rotatable bonds is 0. The van der Waals surface area contributed by atoms with Crippen molar-refractivity contribution in [3.63, 3.8) is 0 Å². The van der Waals surface area contributed by atoms with Crippen LogP contribution in [0.15, 0.2) is 9.85 Å². The highest BCUT2D eigenvalue weighted by atomic mass is 79.9. The molecule has 1 rings (SSSR count). The lowest BCUT2D eigenvalue weighted by Crippen LogP contribution is -2.09. The maximum Gasteiger partial charge on any atom is 0.0943 e. The highest BCUT2D eigenvalue weighted by Crippen LogP contribution is 2.38. The first kappa shape index (κ1) is 9.56. The molecule has 0 atom stereocenters. The molecule has 3 heteroatoms. The summed E-state index contributed by atoms with van der Waals surface area (Å²) in [7, 11) is 0. The molecular formula is C8H10BrClS. The maximum absolute atomic E-state index is 5.86. The summed E-state index contributed by atoms with van der Waals surface area (Å²) in [5.41, 5.74) is 1.47. The molecule has 0 radical (unpaired) electrons. The Balaban J connectivity index is 3.13. The zero-order valence-electron chi connectivity index (χ0n) is 6.74. The van der Waals surface area contributed by atoms with Gasteiger partial charge in [0.05, 0.1) is 8.12 Å². The summed E-state index contributed by atoms with van der Waals surface area (Å²) in [6.07, 6.45) is 0. The van der Waals surface area contributed by atoms with Gasteiger partial charge in [-0.1, -0.05) is 32.4 Å². The summed E-state index contributed by atoms with van der Waals surface area (Å²) < 4.78 is 2.00. The number of hydrogen-bond acceptors (Lipinski definition) is 1. The molecular weight excluding hydrogens is 244 g/mol. The predicted octanol–water partition coefficient (Wildman–Crippen LogP) is 4.46. The van der Waals surface area contributed by atoms with Gasteiger partial charge in [-0.3, -0.25) is 0 Å². The molecule has 0 aliphatic rings. The van der Waals surface area contributed by atoms with Crippen molar-refractivity contribution in [1.82, 2.24) is 0 Å². The van der Waals surface area contributed by atoms with Crippen molar-refractivity contribution in [3.05, 3.63) is 19.8 Å². The molecule has 0 amide bonds. The van der Waals surface area contributed by atoms with Crippen LogP contribution in [0.4, 0.5) is 0 Å². The molecule has 0 nitrogen and oxygen atoms in total. The largest absolute Gasteiger partial charge is 0.116 e. The molecule has 0 bridgehead atoms. The summed E-state index contributed by atoms with van der Waals surface area (Å²) in [5.74, 6) is 0. The van der Waals surface area contributed by atoms with E-state index >= 15 is 0 Å². The van der Waals surface area contributed by atoms with Crippen LogP contribution in [-0.4, -0.2) is 0 Å². The fourth-order valence-corrected chi connectivity index (χ4v) is 3.53. The van der Waals surface area contributed by atoms with Gasteiger partial charge in [0.1, 0.15) is 0 Å². The molecule has 0 saturated heterocycles. The van der Waals surface area contributed by atoms with Gasteiger partial charge in [0.15, 0.2) is 0 Å². The second kappa shape index (κ2) is 3.08.